The number of aromatic nitrogens is 4. The zero-order chi connectivity index (χ0) is 23.5. The van der Waals surface area contributed by atoms with Gasteiger partial charge in [-0.2, -0.15) is 4.98 Å². The Kier molecular flexibility index (Phi) is 6.44. The Morgan fingerprint density at radius 3 is 2.71 bits per heavy atom. The molecule has 0 radical (unpaired) electrons. The Bertz CT molecular complexity index is 1300. The molecule has 0 amide bonds. The van der Waals surface area contributed by atoms with E-state index in [9.17, 15) is 13.2 Å². The number of halogens is 3. The minimum absolute atomic E-state index is 0.0839. The van der Waals surface area contributed by atoms with Gasteiger partial charge in [0, 0.05) is 18.7 Å². The minimum atomic E-state index is -0.941. The third-order valence-corrected chi connectivity index (χ3v) is 6.23. The van der Waals surface area contributed by atoms with Crippen molar-refractivity contribution in [1.82, 2.24) is 24.8 Å². The Morgan fingerprint density at radius 2 is 1.88 bits per heavy atom. The van der Waals surface area contributed by atoms with Crippen LogP contribution in [0.5, 0.6) is 0 Å². The summed E-state index contributed by atoms with van der Waals surface area (Å²) in [5, 5.41) is 6.46. The largest absolute Gasteiger partial charge is 0.350 e. The average Bonchev–Trinajstić information content (AvgIpc) is 3.22. The number of anilines is 1. The fourth-order valence-electron chi connectivity index (χ4n) is 4.40. The van der Waals surface area contributed by atoms with Gasteiger partial charge >= 0.3 is 0 Å². The maximum absolute atomic E-state index is 14.7. The number of imidazole rings is 1. The zero-order valence-corrected chi connectivity index (χ0v) is 18.6. The SMILES string of the molecule is Fc1ccccc1CNc1ncc2nc(-c3cccc(F)c3F)n(CCC3CCCNC3)c2n1. The summed E-state index contributed by atoms with van der Waals surface area (Å²) in [7, 11) is 0. The van der Waals surface area contributed by atoms with Crippen LogP contribution in [0.15, 0.2) is 48.7 Å². The highest BCUT2D eigenvalue weighted by Gasteiger charge is 2.21. The molecule has 1 atom stereocenters. The fourth-order valence-corrected chi connectivity index (χ4v) is 4.40. The van der Waals surface area contributed by atoms with E-state index in [1.54, 1.807) is 24.4 Å². The summed E-state index contributed by atoms with van der Waals surface area (Å²) >= 11 is 0. The molecule has 2 N–H and O–H groups in total. The van der Waals surface area contributed by atoms with Crippen LogP contribution in [0.25, 0.3) is 22.6 Å². The maximum Gasteiger partial charge on any atom is 0.225 e. The van der Waals surface area contributed by atoms with Gasteiger partial charge in [-0.3, -0.25) is 0 Å². The minimum Gasteiger partial charge on any atom is -0.350 e. The lowest BCUT2D eigenvalue weighted by Crippen LogP contribution is -2.30. The van der Waals surface area contributed by atoms with Gasteiger partial charge in [-0.15, -0.1) is 0 Å². The van der Waals surface area contributed by atoms with Gasteiger partial charge in [-0.25, -0.2) is 23.1 Å². The Hall–Kier alpha value is -3.46. The first kappa shape index (κ1) is 22.3. The Morgan fingerprint density at radius 1 is 1.03 bits per heavy atom. The topological polar surface area (TPSA) is 67.7 Å². The van der Waals surface area contributed by atoms with Gasteiger partial charge in [0.2, 0.25) is 5.95 Å². The van der Waals surface area contributed by atoms with Crippen LogP contribution in [-0.4, -0.2) is 32.6 Å². The molecule has 0 spiro atoms. The summed E-state index contributed by atoms with van der Waals surface area (Å²) in [5.41, 5.74) is 1.58. The van der Waals surface area contributed by atoms with Crippen molar-refractivity contribution in [3.8, 4) is 11.4 Å². The lowest BCUT2D eigenvalue weighted by atomic mass is 9.96. The van der Waals surface area contributed by atoms with Crippen LogP contribution in [0, 0.1) is 23.4 Å². The van der Waals surface area contributed by atoms with E-state index in [4.69, 9.17) is 0 Å². The van der Waals surface area contributed by atoms with Crippen LogP contribution in [0.2, 0.25) is 0 Å². The first-order chi connectivity index (χ1) is 16.6. The molecule has 1 saturated heterocycles. The lowest BCUT2D eigenvalue weighted by molar-refractivity contribution is 0.343. The number of hydrogen-bond donors (Lipinski definition) is 2. The van der Waals surface area contributed by atoms with Gasteiger partial charge in [0.25, 0.3) is 0 Å². The first-order valence-corrected chi connectivity index (χ1v) is 11.5. The number of aryl methyl sites for hydroxylation is 1. The van der Waals surface area contributed by atoms with Gasteiger partial charge in [0.1, 0.15) is 17.2 Å². The van der Waals surface area contributed by atoms with Crippen LogP contribution in [0.1, 0.15) is 24.8 Å². The molecule has 176 valence electrons. The molecule has 0 aliphatic carbocycles. The van der Waals surface area contributed by atoms with Gasteiger partial charge in [-0.05, 0) is 56.5 Å². The monoisotopic (exact) mass is 466 g/mol. The summed E-state index contributed by atoms with van der Waals surface area (Å²) in [4.78, 5) is 13.4. The molecule has 3 heterocycles. The molecular formula is C25H25F3N6. The number of piperidine rings is 1. The number of benzene rings is 2. The predicted molar refractivity (Wildman–Crippen MR) is 125 cm³/mol. The molecule has 34 heavy (non-hydrogen) atoms. The van der Waals surface area contributed by atoms with E-state index in [1.165, 1.54) is 18.2 Å². The predicted octanol–water partition coefficient (Wildman–Crippen LogP) is 4.91. The summed E-state index contributed by atoms with van der Waals surface area (Å²) in [6, 6.07) is 10.6. The van der Waals surface area contributed by atoms with E-state index >= 15 is 0 Å². The second kappa shape index (κ2) is 9.80. The van der Waals surface area contributed by atoms with E-state index in [-0.39, 0.29) is 17.9 Å². The van der Waals surface area contributed by atoms with Crippen LogP contribution in [0.4, 0.5) is 19.1 Å². The van der Waals surface area contributed by atoms with Crippen molar-refractivity contribution in [2.75, 3.05) is 18.4 Å². The van der Waals surface area contributed by atoms with E-state index in [0.717, 1.165) is 38.4 Å². The normalized spacial score (nSPS) is 16.1. The van der Waals surface area contributed by atoms with Crippen molar-refractivity contribution in [2.45, 2.75) is 32.4 Å². The average molecular weight is 467 g/mol. The van der Waals surface area contributed by atoms with Gasteiger partial charge < -0.3 is 15.2 Å². The molecule has 2 aromatic carbocycles. The number of rotatable bonds is 7. The second-order valence-corrected chi connectivity index (χ2v) is 8.54. The Balaban J connectivity index is 1.50. The van der Waals surface area contributed by atoms with Crippen molar-refractivity contribution < 1.29 is 13.2 Å². The van der Waals surface area contributed by atoms with Crippen molar-refractivity contribution in [3.63, 3.8) is 0 Å². The molecule has 1 aliphatic rings. The van der Waals surface area contributed by atoms with Crippen molar-refractivity contribution in [1.29, 1.82) is 0 Å². The van der Waals surface area contributed by atoms with Gasteiger partial charge in [-0.1, -0.05) is 24.3 Å². The molecule has 4 aromatic rings. The van der Waals surface area contributed by atoms with E-state index in [0.29, 0.717) is 41.0 Å². The lowest BCUT2D eigenvalue weighted by Gasteiger charge is -2.23. The summed E-state index contributed by atoms with van der Waals surface area (Å²) in [5.74, 6) is -1.07. The molecular weight excluding hydrogens is 441 g/mol. The standard InChI is InChI=1S/C25H25F3N6/c26-19-8-2-1-6-17(19)14-30-25-31-15-21-24(33-25)34(12-10-16-5-4-11-29-13-16)23(32-21)18-7-3-9-20(27)22(18)28/h1-3,6-9,15-16,29H,4-5,10-14H2,(H,30,31,33). The van der Waals surface area contributed by atoms with Crippen LogP contribution in [-0.2, 0) is 13.1 Å². The van der Waals surface area contributed by atoms with Crippen LogP contribution >= 0.6 is 0 Å². The first-order valence-electron chi connectivity index (χ1n) is 11.5. The van der Waals surface area contributed by atoms with Gasteiger partial charge in [0.05, 0.1) is 11.8 Å². The maximum atomic E-state index is 14.7. The smallest absolute Gasteiger partial charge is 0.225 e. The molecule has 0 saturated carbocycles. The molecule has 5 rings (SSSR count). The molecule has 2 aromatic heterocycles. The van der Waals surface area contributed by atoms with E-state index in [2.05, 4.69) is 25.6 Å². The molecule has 1 fully saturated rings. The van der Waals surface area contributed by atoms with Crippen molar-refractivity contribution in [3.05, 3.63) is 71.7 Å². The van der Waals surface area contributed by atoms with E-state index < -0.39 is 11.6 Å². The fraction of sp³-hybridized carbons (Fsp3) is 0.320. The quantitative estimate of drug-likeness (QED) is 0.405. The summed E-state index contributed by atoms with van der Waals surface area (Å²) in [6.45, 7) is 2.72. The summed E-state index contributed by atoms with van der Waals surface area (Å²) < 4.78 is 44.5. The third kappa shape index (κ3) is 4.61. The van der Waals surface area contributed by atoms with Crippen molar-refractivity contribution in [2.24, 2.45) is 5.92 Å². The third-order valence-electron chi connectivity index (χ3n) is 6.23. The molecule has 0 bridgehead atoms. The Labute approximate surface area is 195 Å². The summed E-state index contributed by atoms with van der Waals surface area (Å²) in [6.07, 6.45) is 4.64. The molecule has 1 aliphatic heterocycles. The highest BCUT2D eigenvalue weighted by molar-refractivity contribution is 5.77. The highest BCUT2D eigenvalue weighted by Crippen LogP contribution is 2.29. The second-order valence-electron chi connectivity index (χ2n) is 8.54. The van der Waals surface area contributed by atoms with Crippen LogP contribution in [0.3, 0.4) is 0 Å². The number of nitrogens with one attached hydrogen (secondary N) is 2. The van der Waals surface area contributed by atoms with Crippen LogP contribution < -0.4 is 10.6 Å². The number of nitrogens with zero attached hydrogens (tertiary/aromatic N) is 4. The van der Waals surface area contributed by atoms with E-state index in [1.807, 2.05) is 4.57 Å². The zero-order valence-electron chi connectivity index (χ0n) is 18.6. The number of fused-ring (bicyclic) bond motifs is 1. The number of hydrogen-bond acceptors (Lipinski definition) is 5. The molecule has 1 unspecified atom stereocenters. The van der Waals surface area contributed by atoms with Gasteiger partial charge in [0.15, 0.2) is 17.3 Å². The highest BCUT2D eigenvalue weighted by atomic mass is 19.2. The molecule has 6 nitrogen and oxygen atoms in total. The molecule has 9 heteroatoms. The van der Waals surface area contributed by atoms with Crippen molar-refractivity contribution >= 4 is 17.1 Å².